The zero-order chi connectivity index (χ0) is 4.57. The number of carbonyl (C=O) groups is 1. The standard InChI is InChI=1S/C4H5NO/c1-3(6)4-2-5-4/h2,4H,1H3. The Hall–Kier alpha value is -0.660. The van der Waals surface area contributed by atoms with Gasteiger partial charge in [0.05, 0.1) is 0 Å². The van der Waals surface area contributed by atoms with Crippen molar-refractivity contribution >= 4 is 12.0 Å². The Balaban J connectivity index is 2.35. The Labute approximate surface area is 35.9 Å². The molecule has 32 valence electrons. The molecule has 1 atom stereocenters. The number of ketones is 1. The number of hydrogen-bond donors (Lipinski definition) is 0. The SMILES string of the molecule is CC(=O)C1C=N1. The van der Waals surface area contributed by atoms with Gasteiger partial charge in [-0.3, -0.25) is 9.79 Å². The summed E-state index contributed by atoms with van der Waals surface area (Å²) in [6, 6.07) is -0.0370. The lowest BCUT2D eigenvalue weighted by molar-refractivity contribution is -0.116. The molecule has 6 heavy (non-hydrogen) atoms. The van der Waals surface area contributed by atoms with Crippen molar-refractivity contribution in [2.45, 2.75) is 13.0 Å². The van der Waals surface area contributed by atoms with Crippen LogP contribution in [-0.4, -0.2) is 18.0 Å². The molecule has 0 aromatic carbocycles. The maximum atomic E-state index is 10.1. The Morgan fingerprint density at radius 1 is 2.00 bits per heavy atom. The summed E-state index contributed by atoms with van der Waals surface area (Å²) in [5.41, 5.74) is 0. The summed E-state index contributed by atoms with van der Waals surface area (Å²) in [5, 5.41) is 0. The summed E-state index contributed by atoms with van der Waals surface area (Å²) >= 11 is 0. The molecule has 0 fully saturated rings. The number of hydrogen-bond acceptors (Lipinski definition) is 2. The molecule has 0 bridgehead atoms. The molecule has 0 amide bonds. The van der Waals surface area contributed by atoms with Crippen LogP contribution < -0.4 is 0 Å². The van der Waals surface area contributed by atoms with E-state index in [4.69, 9.17) is 0 Å². The first kappa shape index (κ1) is 3.53. The van der Waals surface area contributed by atoms with Crippen molar-refractivity contribution in [1.82, 2.24) is 0 Å². The van der Waals surface area contributed by atoms with Crippen molar-refractivity contribution in [1.29, 1.82) is 0 Å². The summed E-state index contributed by atoms with van der Waals surface area (Å²) < 4.78 is 0. The predicted octanol–water partition coefficient (Wildman–Crippen LogP) is 0.0284. The van der Waals surface area contributed by atoms with Gasteiger partial charge in [0.15, 0.2) is 5.78 Å². The first-order chi connectivity index (χ1) is 2.80. The molecule has 1 heterocycles. The van der Waals surface area contributed by atoms with Crippen LogP contribution in [0.4, 0.5) is 0 Å². The number of aliphatic imine (C=N–C) groups is 1. The highest BCUT2D eigenvalue weighted by Gasteiger charge is 2.16. The van der Waals surface area contributed by atoms with E-state index in [9.17, 15) is 4.79 Å². The lowest BCUT2D eigenvalue weighted by Crippen LogP contribution is -1.99. The van der Waals surface area contributed by atoms with Gasteiger partial charge in [-0.2, -0.15) is 0 Å². The highest BCUT2D eigenvalue weighted by molar-refractivity contribution is 6.05. The maximum Gasteiger partial charge on any atom is 0.159 e. The number of rotatable bonds is 1. The highest BCUT2D eigenvalue weighted by Crippen LogP contribution is 1.99. The third-order valence-electron chi connectivity index (χ3n) is 0.715. The lowest BCUT2D eigenvalue weighted by Gasteiger charge is -1.74. The minimum Gasteiger partial charge on any atom is -0.297 e. The molecule has 0 saturated heterocycles. The van der Waals surface area contributed by atoms with Crippen LogP contribution >= 0.6 is 0 Å². The molecule has 0 aromatic rings. The van der Waals surface area contributed by atoms with E-state index in [0.717, 1.165) is 0 Å². The van der Waals surface area contributed by atoms with Crippen LogP contribution in [0.1, 0.15) is 6.92 Å². The van der Waals surface area contributed by atoms with Gasteiger partial charge in [-0.25, -0.2) is 0 Å². The van der Waals surface area contributed by atoms with E-state index in [2.05, 4.69) is 4.99 Å². The average molecular weight is 83.1 g/mol. The van der Waals surface area contributed by atoms with Crippen molar-refractivity contribution in [2.24, 2.45) is 4.99 Å². The molecule has 2 heteroatoms. The molecule has 0 aliphatic carbocycles. The van der Waals surface area contributed by atoms with Gasteiger partial charge in [0, 0.05) is 6.21 Å². The molecule has 0 radical (unpaired) electrons. The first-order valence-corrected chi connectivity index (χ1v) is 1.84. The van der Waals surface area contributed by atoms with Crippen LogP contribution in [0.15, 0.2) is 4.99 Å². The zero-order valence-corrected chi connectivity index (χ0v) is 3.51. The van der Waals surface area contributed by atoms with Crippen LogP contribution in [0, 0.1) is 0 Å². The van der Waals surface area contributed by atoms with Crippen molar-refractivity contribution in [2.75, 3.05) is 0 Å². The summed E-state index contributed by atoms with van der Waals surface area (Å²) in [6.45, 7) is 1.54. The fourth-order valence-corrected chi connectivity index (χ4v) is 0.253. The molecule has 1 aliphatic heterocycles. The molecule has 2 nitrogen and oxygen atoms in total. The van der Waals surface area contributed by atoms with Gasteiger partial charge in [-0.1, -0.05) is 0 Å². The average Bonchev–Trinajstić information content (AvgIpc) is 2.06. The van der Waals surface area contributed by atoms with Gasteiger partial charge in [-0.05, 0) is 6.92 Å². The molecular weight excluding hydrogens is 78.0 g/mol. The highest BCUT2D eigenvalue weighted by atomic mass is 16.1. The van der Waals surface area contributed by atoms with Crippen LogP contribution in [0.5, 0.6) is 0 Å². The van der Waals surface area contributed by atoms with Crippen LogP contribution in [0.3, 0.4) is 0 Å². The second-order valence-electron chi connectivity index (χ2n) is 1.35. The molecule has 0 saturated carbocycles. The Kier molecular flexibility index (Phi) is 0.528. The largest absolute Gasteiger partial charge is 0.297 e. The maximum absolute atomic E-state index is 10.1. The zero-order valence-electron chi connectivity index (χ0n) is 3.51. The van der Waals surface area contributed by atoms with E-state index in [0.29, 0.717) is 0 Å². The third kappa shape index (κ3) is 0.455. The van der Waals surface area contributed by atoms with Crippen molar-refractivity contribution < 1.29 is 4.79 Å². The van der Waals surface area contributed by atoms with Crippen LogP contribution in [0.25, 0.3) is 0 Å². The van der Waals surface area contributed by atoms with Gasteiger partial charge in [0.2, 0.25) is 0 Å². The number of nitrogens with zero attached hydrogens (tertiary/aromatic N) is 1. The van der Waals surface area contributed by atoms with Gasteiger partial charge in [0.25, 0.3) is 0 Å². The van der Waals surface area contributed by atoms with Crippen LogP contribution in [0.2, 0.25) is 0 Å². The van der Waals surface area contributed by atoms with Gasteiger partial charge in [0.1, 0.15) is 6.04 Å². The summed E-state index contributed by atoms with van der Waals surface area (Å²) in [4.78, 5) is 13.7. The normalized spacial score (nSPS) is 27.2. The van der Waals surface area contributed by atoms with Gasteiger partial charge in [-0.15, -0.1) is 0 Å². The fraction of sp³-hybridized carbons (Fsp3) is 0.500. The molecule has 1 unspecified atom stereocenters. The van der Waals surface area contributed by atoms with E-state index in [1.807, 2.05) is 0 Å². The molecule has 0 spiro atoms. The lowest BCUT2D eigenvalue weighted by atomic mass is 10.3. The molecule has 1 rings (SSSR count). The van der Waals surface area contributed by atoms with Gasteiger partial charge >= 0.3 is 0 Å². The second kappa shape index (κ2) is 0.899. The minimum atomic E-state index is -0.0370. The minimum absolute atomic E-state index is 0.0370. The summed E-state index contributed by atoms with van der Waals surface area (Å²) in [6.07, 6.45) is 1.64. The number of carbonyl (C=O) groups excluding carboxylic acids is 1. The van der Waals surface area contributed by atoms with E-state index in [1.54, 1.807) is 6.21 Å². The monoisotopic (exact) mass is 83.0 g/mol. The predicted molar refractivity (Wildman–Crippen MR) is 23.0 cm³/mol. The van der Waals surface area contributed by atoms with E-state index < -0.39 is 0 Å². The summed E-state index contributed by atoms with van der Waals surface area (Å²) in [5.74, 6) is 0.148. The second-order valence-corrected chi connectivity index (χ2v) is 1.35. The van der Waals surface area contributed by atoms with Crippen molar-refractivity contribution in [3.8, 4) is 0 Å². The topological polar surface area (TPSA) is 29.4 Å². The van der Waals surface area contributed by atoms with E-state index in [1.165, 1.54) is 6.92 Å². The van der Waals surface area contributed by atoms with Crippen molar-refractivity contribution in [3.05, 3.63) is 0 Å². The van der Waals surface area contributed by atoms with E-state index >= 15 is 0 Å². The third-order valence-corrected chi connectivity index (χ3v) is 0.715. The molecule has 0 N–H and O–H groups in total. The Morgan fingerprint density at radius 2 is 2.50 bits per heavy atom. The quantitative estimate of drug-likeness (QED) is 0.439. The number of Topliss-reactive ketones (excluding diaryl/α,β-unsaturated/α-hetero) is 1. The fourth-order valence-electron chi connectivity index (χ4n) is 0.253. The Bertz CT molecular complexity index is 100. The molecule has 1 aliphatic rings. The van der Waals surface area contributed by atoms with Crippen LogP contribution in [-0.2, 0) is 4.79 Å². The summed E-state index contributed by atoms with van der Waals surface area (Å²) in [7, 11) is 0. The van der Waals surface area contributed by atoms with Crippen molar-refractivity contribution in [3.63, 3.8) is 0 Å². The molecular formula is C4H5NO. The Morgan fingerprint density at radius 3 is 2.50 bits per heavy atom. The van der Waals surface area contributed by atoms with Gasteiger partial charge < -0.3 is 0 Å². The van der Waals surface area contributed by atoms with E-state index in [-0.39, 0.29) is 11.8 Å². The smallest absolute Gasteiger partial charge is 0.159 e. The molecule has 0 aromatic heterocycles. The first-order valence-electron chi connectivity index (χ1n) is 1.84.